The topological polar surface area (TPSA) is 63.6 Å². The summed E-state index contributed by atoms with van der Waals surface area (Å²) in [6, 6.07) is 6.15. The molecule has 1 aromatic carbocycles. The summed E-state index contributed by atoms with van der Waals surface area (Å²) in [4.78, 5) is 24.7. The number of carbonyl (C=O) groups excluding carboxylic acids is 1. The predicted octanol–water partition coefficient (Wildman–Crippen LogP) is 7.18. The highest BCUT2D eigenvalue weighted by Crippen LogP contribution is 2.61. The maximum Gasteiger partial charge on any atom is 0.335 e. The van der Waals surface area contributed by atoms with E-state index in [-0.39, 0.29) is 22.4 Å². The molecule has 0 atom stereocenters. The van der Waals surface area contributed by atoms with Crippen LogP contribution in [0.5, 0.6) is 5.75 Å². The monoisotopic (exact) mass is 426 g/mol. The third-order valence-corrected chi connectivity index (χ3v) is 7.66. The number of hydrogen-bond donors (Lipinski definition) is 1. The lowest BCUT2D eigenvalue weighted by atomic mass is 9.64. The van der Waals surface area contributed by atoms with Gasteiger partial charge in [-0.05, 0) is 67.2 Å². The van der Waals surface area contributed by atoms with Crippen molar-refractivity contribution in [1.82, 2.24) is 0 Å². The molecule has 0 heterocycles. The van der Waals surface area contributed by atoms with Crippen molar-refractivity contribution >= 4 is 11.9 Å². The van der Waals surface area contributed by atoms with Crippen LogP contribution in [0.3, 0.4) is 0 Å². The van der Waals surface area contributed by atoms with Crippen molar-refractivity contribution in [2.75, 3.05) is 0 Å². The van der Waals surface area contributed by atoms with E-state index in [0.717, 1.165) is 44.9 Å². The molecule has 1 aromatic rings. The molecule has 0 unspecified atom stereocenters. The molecular formula is C27H38O4. The first kappa shape index (κ1) is 23.6. The van der Waals surface area contributed by atoms with Crippen LogP contribution < -0.4 is 4.74 Å². The Balaban J connectivity index is 1.86. The second-order valence-electron chi connectivity index (χ2n) is 10.9. The Labute approximate surface area is 187 Å². The van der Waals surface area contributed by atoms with Crippen LogP contribution in [0.2, 0.25) is 0 Å². The van der Waals surface area contributed by atoms with Crippen LogP contribution in [0.1, 0.15) is 103 Å². The number of benzene rings is 1. The smallest absolute Gasteiger partial charge is 0.335 e. The molecule has 31 heavy (non-hydrogen) atoms. The van der Waals surface area contributed by atoms with Crippen LogP contribution >= 0.6 is 0 Å². The van der Waals surface area contributed by atoms with Crippen molar-refractivity contribution in [3.63, 3.8) is 0 Å². The van der Waals surface area contributed by atoms with Gasteiger partial charge in [-0.1, -0.05) is 71.4 Å². The van der Waals surface area contributed by atoms with Crippen molar-refractivity contribution in [3.8, 4) is 5.75 Å². The van der Waals surface area contributed by atoms with Crippen molar-refractivity contribution in [2.24, 2.45) is 16.2 Å². The average Bonchev–Trinajstić information content (AvgIpc) is 3.13. The Morgan fingerprint density at radius 3 is 1.94 bits per heavy atom. The number of hydrogen-bond acceptors (Lipinski definition) is 3. The highest BCUT2D eigenvalue weighted by atomic mass is 16.5. The molecule has 0 fully saturated rings. The number of aromatic carboxylic acids is 1. The van der Waals surface area contributed by atoms with E-state index in [0.29, 0.717) is 5.75 Å². The van der Waals surface area contributed by atoms with E-state index in [1.54, 1.807) is 12.1 Å². The summed E-state index contributed by atoms with van der Waals surface area (Å²) in [6.07, 6.45) is 9.24. The second kappa shape index (κ2) is 8.80. The standard InChI is InChI=1S/C27H38O4/c1-6-7-8-9-14-27(24(30)31-20-12-10-19(11-13-20)23(28)29)17-21-22(18-27)26(4,5)16-15-25(21,2)3/h10-13H,6-9,14-18H2,1-5H3,(H,28,29). The number of unbranched alkanes of at least 4 members (excludes halogenated alkanes) is 3. The highest BCUT2D eigenvalue weighted by molar-refractivity contribution is 5.88. The Bertz CT molecular complexity index is 830. The largest absolute Gasteiger partial charge is 0.478 e. The molecule has 0 aromatic heterocycles. The summed E-state index contributed by atoms with van der Waals surface area (Å²) < 4.78 is 5.88. The fraction of sp³-hybridized carbons (Fsp3) is 0.630. The summed E-state index contributed by atoms with van der Waals surface area (Å²) in [7, 11) is 0. The number of allylic oxidation sites excluding steroid dienone is 2. The van der Waals surface area contributed by atoms with E-state index in [1.165, 1.54) is 36.1 Å². The Morgan fingerprint density at radius 2 is 1.45 bits per heavy atom. The number of carbonyl (C=O) groups is 2. The van der Waals surface area contributed by atoms with E-state index in [9.17, 15) is 9.59 Å². The van der Waals surface area contributed by atoms with E-state index in [1.807, 2.05) is 0 Å². The van der Waals surface area contributed by atoms with Gasteiger partial charge in [0.1, 0.15) is 5.75 Å². The van der Waals surface area contributed by atoms with Crippen LogP contribution in [-0.2, 0) is 4.79 Å². The van der Waals surface area contributed by atoms with Gasteiger partial charge < -0.3 is 9.84 Å². The summed E-state index contributed by atoms with van der Waals surface area (Å²) in [6.45, 7) is 11.5. The van der Waals surface area contributed by atoms with Crippen LogP contribution in [0.25, 0.3) is 0 Å². The van der Waals surface area contributed by atoms with E-state index in [4.69, 9.17) is 9.84 Å². The molecule has 0 aliphatic heterocycles. The molecule has 2 aliphatic carbocycles. The Hall–Kier alpha value is -2.10. The van der Waals surface area contributed by atoms with Gasteiger partial charge in [0, 0.05) is 0 Å². The molecule has 170 valence electrons. The normalized spacial score (nSPS) is 20.9. The molecule has 0 spiro atoms. The van der Waals surface area contributed by atoms with Gasteiger partial charge in [-0.2, -0.15) is 0 Å². The van der Waals surface area contributed by atoms with Gasteiger partial charge in [-0.25, -0.2) is 4.79 Å². The SMILES string of the molecule is CCCCCCC1(C(=O)Oc2ccc(C(=O)O)cc2)CC2=C(C1)C(C)(C)CCC2(C)C. The van der Waals surface area contributed by atoms with Crippen LogP contribution in [0.15, 0.2) is 35.4 Å². The number of carboxylic acid groups (broad SMARTS) is 1. The third kappa shape index (κ3) is 4.88. The highest BCUT2D eigenvalue weighted by Gasteiger charge is 2.53. The number of ether oxygens (including phenoxy) is 1. The molecule has 3 rings (SSSR count). The average molecular weight is 427 g/mol. The summed E-state index contributed by atoms with van der Waals surface area (Å²) in [5.74, 6) is -0.721. The minimum atomic E-state index is -0.984. The van der Waals surface area contributed by atoms with Crippen molar-refractivity contribution < 1.29 is 19.4 Å². The van der Waals surface area contributed by atoms with E-state index < -0.39 is 11.4 Å². The lowest BCUT2D eigenvalue weighted by Crippen LogP contribution is -2.34. The van der Waals surface area contributed by atoms with Gasteiger partial charge in [0.15, 0.2) is 0 Å². The van der Waals surface area contributed by atoms with Crippen molar-refractivity contribution in [1.29, 1.82) is 0 Å². The zero-order valence-electron chi connectivity index (χ0n) is 19.8. The third-order valence-electron chi connectivity index (χ3n) is 7.66. The second-order valence-corrected chi connectivity index (χ2v) is 10.9. The van der Waals surface area contributed by atoms with Gasteiger partial charge in [-0.3, -0.25) is 4.79 Å². The zero-order valence-corrected chi connectivity index (χ0v) is 19.8. The van der Waals surface area contributed by atoms with Gasteiger partial charge in [0.05, 0.1) is 11.0 Å². The summed E-state index contributed by atoms with van der Waals surface area (Å²) in [5, 5.41) is 9.12. The first-order chi connectivity index (χ1) is 14.5. The molecule has 2 aliphatic rings. The maximum absolute atomic E-state index is 13.6. The zero-order chi connectivity index (χ0) is 22.9. The van der Waals surface area contributed by atoms with Crippen LogP contribution in [0, 0.1) is 16.2 Å². The van der Waals surface area contributed by atoms with Crippen LogP contribution in [0.4, 0.5) is 0 Å². The predicted molar refractivity (Wildman–Crippen MR) is 123 cm³/mol. The molecule has 0 saturated carbocycles. The fourth-order valence-corrected chi connectivity index (χ4v) is 5.37. The molecule has 0 saturated heterocycles. The first-order valence-corrected chi connectivity index (χ1v) is 11.8. The van der Waals surface area contributed by atoms with Crippen LogP contribution in [-0.4, -0.2) is 17.0 Å². The molecule has 0 amide bonds. The lowest BCUT2D eigenvalue weighted by Gasteiger charge is -2.41. The Kier molecular flexibility index (Phi) is 6.69. The molecule has 0 bridgehead atoms. The van der Waals surface area contributed by atoms with Gasteiger partial charge in [0.2, 0.25) is 0 Å². The first-order valence-electron chi connectivity index (χ1n) is 11.8. The van der Waals surface area contributed by atoms with Gasteiger partial charge in [-0.15, -0.1) is 0 Å². The van der Waals surface area contributed by atoms with E-state index in [2.05, 4.69) is 34.6 Å². The number of esters is 1. The quantitative estimate of drug-likeness (QED) is 0.207. The van der Waals surface area contributed by atoms with Crippen molar-refractivity contribution in [2.45, 2.75) is 92.4 Å². The van der Waals surface area contributed by atoms with E-state index >= 15 is 0 Å². The molecule has 1 N–H and O–H groups in total. The summed E-state index contributed by atoms with van der Waals surface area (Å²) in [5.41, 5.74) is 2.87. The van der Waals surface area contributed by atoms with Gasteiger partial charge >= 0.3 is 11.9 Å². The van der Waals surface area contributed by atoms with Crippen molar-refractivity contribution in [3.05, 3.63) is 41.0 Å². The maximum atomic E-state index is 13.6. The molecule has 4 heteroatoms. The molecule has 4 nitrogen and oxygen atoms in total. The minimum Gasteiger partial charge on any atom is -0.478 e. The van der Waals surface area contributed by atoms with Gasteiger partial charge in [0.25, 0.3) is 0 Å². The molecular weight excluding hydrogens is 388 g/mol. The Morgan fingerprint density at radius 1 is 0.903 bits per heavy atom. The lowest BCUT2D eigenvalue weighted by molar-refractivity contribution is -0.146. The molecule has 0 radical (unpaired) electrons. The summed E-state index contributed by atoms with van der Waals surface area (Å²) >= 11 is 0. The number of rotatable bonds is 8. The fourth-order valence-electron chi connectivity index (χ4n) is 5.37. The number of carboxylic acids is 1. The minimum absolute atomic E-state index is 0.124.